The van der Waals surface area contributed by atoms with Gasteiger partial charge in [0.05, 0.1) is 0 Å². The van der Waals surface area contributed by atoms with Crippen molar-refractivity contribution in [1.82, 2.24) is 0 Å². The van der Waals surface area contributed by atoms with Gasteiger partial charge in [-0.2, -0.15) is 0 Å². The van der Waals surface area contributed by atoms with Gasteiger partial charge in [-0.25, -0.2) is 0 Å². The van der Waals surface area contributed by atoms with E-state index in [-0.39, 0.29) is 6.10 Å². The fourth-order valence-electron chi connectivity index (χ4n) is 6.60. The molecule has 4 rings (SSSR count). The van der Waals surface area contributed by atoms with Gasteiger partial charge in [0.25, 0.3) is 6.47 Å². The second kappa shape index (κ2) is 5.22. The summed E-state index contributed by atoms with van der Waals surface area (Å²) in [7, 11) is 0. The molecular formula is C21H30O2. The Hall–Kier alpha value is -1.05. The van der Waals surface area contributed by atoms with Crippen molar-refractivity contribution < 1.29 is 9.53 Å². The lowest BCUT2D eigenvalue weighted by Crippen LogP contribution is -2.50. The van der Waals surface area contributed by atoms with Crippen molar-refractivity contribution in [3.63, 3.8) is 0 Å². The molecule has 0 N–H and O–H groups in total. The van der Waals surface area contributed by atoms with Crippen LogP contribution in [0, 0.1) is 28.6 Å². The van der Waals surface area contributed by atoms with Crippen molar-refractivity contribution in [3.05, 3.63) is 23.3 Å². The minimum atomic E-state index is 0.118. The Morgan fingerprint density at radius 3 is 2.65 bits per heavy atom. The third-order valence-corrected chi connectivity index (χ3v) is 8.28. The van der Waals surface area contributed by atoms with E-state index in [2.05, 4.69) is 32.9 Å². The van der Waals surface area contributed by atoms with Crippen molar-refractivity contribution in [2.75, 3.05) is 0 Å². The van der Waals surface area contributed by atoms with E-state index in [9.17, 15) is 4.79 Å². The summed E-state index contributed by atoms with van der Waals surface area (Å²) in [6.45, 7) is 8.01. The molecule has 0 amide bonds. The van der Waals surface area contributed by atoms with Crippen molar-refractivity contribution in [2.45, 2.75) is 71.8 Å². The zero-order chi connectivity index (χ0) is 16.2. The summed E-state index contributed by atoms with van der Waals surface area (Å²) in [5.74, 6) is 2.52. The summed E-state index contributed by atoms with van der Waals surface area (Å²) >= 11 is 0. The van der Waals surface area contributed by atoms with Gasteiger partial charge in [-0.15, -0.1) is 0 Å². The van der Waals surface area contributed by atoms with Crippen molar-refractivity contribution in [3.8, 4) is 0 Å². The van der Waals surface area contributed by atoms with Gasteiger partial charge in [0.15, 0.2) is 0 Å². The van der Waals surface area contributed by atoms with Crippen LogP contribution in [0.1, 0.15) is 65.7 Å². The van der Waals surface area contributed by atoms with E-state index in [4.69, 9.17) is 4.74 Å². The van der Waals surface area contributed by atoms with Gasteiger partial charge in [-0.05, 0) is 74.0 Å². The van der Waals surface area contributed by atoms with Crippen LogP contribution >= 0.6 is 0 Å². The SMILES string of the molecule is CC1=CC[C@H]2[C@@H]3CC=C4C[C@@H](OC=O)CC[C@]4(C)[C@H]3CC[C@]12C. The molecule has 2 fully saturated rings. The van der Waals surface area contributed by atoms with Crippen LogP contribution in [0.15, 0.2) is 23.3 Å². The lowest BCUT2D eigenvalue weighted by molar-refractivity contribution is -0.135. The van der Waals surface area contributed by atoms with Crippen LogP contribution in [0.2, 0.25) is 0 Å². The lowest BCUT2D eigenvalue weighted by atomic mass is 9.47. The summed E-state index contributed by atoms with van der Waals surface area (Å²) in [5, 5.41) is 0. The average Bonchev–Trinajstić information content (AvgIpc) is 2.84. The van der Waals surface area contributed by atoms with E-state index in [1.165, 1.54) is 32.1 Å². The number of fused-ring (bicyclic) bond motifs is 5. The van der Waals surface area contributed by atoms with Crippen LogP contribution in [0.25, 0.3) is 0 Å². The van der Waals surface area contributed by atoms with Gasteiger partial charge < -0.3 is 4.74 Å². The Bertz CT molecular complexity index is 574. The van der Waals surface area contributed by atoms with Gasteiger partial charge >= 0.3 is 0 Å². The van der Waals surface area contributed by atoms with E-state index in [0.29, 0.717) is 17.3 Å². The number of ether oxygens (including phenoxy) is 1. The number of hydrogen-bond acceptors (Lipinski definition) is 2. The van der Waals surface area contributed by atoms with E-state index in [1.54, 1.807) is 11.1 Å². The molecule has 0 aromatic heterocycles. The zero-order valence-electron chi connectivity index (χ0n) is 14.8. The second-order valence-corrected chi connectivity index (χ2v) is 8.94. The maximum atomic E-state index is 10.7. The molecule has 0 aromatic carbocycles. The summed E-state index contributed by atoms with van der Waals surface area (Å²) in [5.41, 5.74) is 4.04. The highest BCUT2D eigenvalue weighted by atomic mass is 16.5. The maximum absolute atomic E-state index is 10.7. The van der Waals surface area contributed by atoms with Crippen LogP contribution in [-0.2, 0) is 9.53 Å². The standard InChI is InChI=1S/C21H30O2/c1-14-4-7-18-17-6-5-15-12-16(23-13-22)8-10-21(15,3)19(17)9-11-20(14,18)2/h4-5,13,16-19H,6-12H2,1-3H3/t16-,17-,18-,19-,20+,21-/m0/s1. The van der Waals surface area contributed by atoms with Gasteiger partial charge in [0, 0.05) is 6.42 Å². The molecule has 6 atom stereocenters. The van der Waals surface area contributed by atoms with Gasteiger partial charge in [-0.1, -0.05) is 37.1 Å². The fraction of sp³-hybridized carbons (Fsp3) is 0.762. The molecule has 23 heavy (non-hydrogen) atoms. The Labute approximate surface area is 140 Å². The van der Waals surface area contributed by atoms with Crippen molar-refractivity contribution in [2.24, 2.45) is 28.6 Å². The monoisotopic (exact) mass is 314 g/mol. The third-order valence-electron chi connectivity index (χ3n) is 8.28. The van der Waals surface area contributed by atoms with Crippen molar-refractivity contribution >= 4 is 6.47 Å². The lowest BCUT2D eigenvalue weighted by Gasteiger charge is -2.57. The fourth-order valence-corrected chi connectivity index (χ4v) is 6.60. The smallest absolute Gasteiger partial charge is 0.293 e. The van der Waals surface area contributed by atoms with Crippen LogP contribution in [-0.4, -0.2) is 12.6 Å². The Kier molecular flexibility index (Phi) is 3.52. The minimum absolute atomic E-state index is 0.118. The van der Waals surface area contributed by atoms with Crippen molar-refractivity contribution in [1.29, 1.82) is 0 Å². The van der Waals surface area contributed by atoms with Crippen LogP contribution in [0.3, 0.4) is 0 Å². The Morgan fingerprint density at radius 1 is 1.09 bits per heavy atom. The van der Waals surface area contributed by atoms with E-state index in [0.717, 1.165) is 30.6 Å². The number of carbonyl (C=O) groups is 1. The number of rotatable bonds is 2. The summed E-state index contributed by atoms with van der Waals surface area (Å²) < 4.78 is 5.28. The van der Waals surface area contributed by atoms with Gasteiger partial charge in [0.1, 0.15) is 6.10 Å². The third kappa shape index (κ3) is 2.09. The number of carbonyl (C=O) groups excluding carboxylic acids is 1. The molecular weight excluding hydrogens is 284 g/mol. The van der Waals surface area contributed by atoms with E-state index in [1.807, 2.05) is 0 Å². The van der Waals surface area contributed by atoms with E-state index < -0.39 is 0 Å². The number of hydrogen-bond donors (Lipinski definition) is 0. The maximum Gasteiger partial charge on any atom is 0.293 e. The zero-order valence-corrected chi connectivity index (χ0v) is 14.8. The van der Waals surface area contributed by atoms with Gasteiger partial charge in [0.2, 0.25) is 0 Å². The predicted molar refractivity (Wildman–Crippen MR) is 91.8 cm³/mol. The predicted octanol–water partition coefficient (Wildman–Crippen LogP) is 5.05. The minimum Gasteiger partial charge on any atom is -0.464 e. The second-order valence-electron chi connectivity index (χ2n) is 8.94. The molecule has 2 heteroatoms. The largest absolute Gasteiger partial charge is 0.464 e. The molecule has 2 nitrogen and oxygen atoms in total. The molecule has 0 saturated heterocycles. The molecule has 0 heterocycles. The normalized spacial score (nSPS) is 48.5. The molecule has 0 aliphatic heterocycles. The topological polar surface area (TPSA) is 26.3 Å². The molecule has 0 radical (unpaired) electrons. The molecule has 0 bridgehead atoms. The highest BCUT2D eigenvalue weighted by Gasteiger charge is 2.56. The Balaban J connectivity index is 1.62. The molecule has 126 valence electrons. The molecule has 2 saturated carbocycles. The highest BCUT2D eigenvalue weighted by Crippen LogP contribution is 2.64. The Morgan fingerprint density at radius 2 is 1.87 bits per heavy atom. The van der Waals surface area contributed by atoms with E-state index >= 15 is 0 Å². The molecule has 0 unspecified atom stereocenters. The van der Waals surface area contributed by atoms with Crippen LogP contribution < -0.4 is 0 Å². The first-order chi connectivity index (χ1) is 11.0. The average molecular weight is 314 g/mol. The summed E-state index contributed by atoms with van der Waals surface area (Å²) in [6.07, 6.45) is 13.6. The van der Waals surface area contributed by atoms with Crippen LogP contribution in [0.4, 0.5) is 0 Å². The highest BCUT2D eigenvalue weighted by molar-refractivity contribution is 5.38. The quantitative estimate of drug-likeness (QED) is 0.527. The van der Waals surface area contributed by atoms with Gasteiger partial charge in [-0.3, -0.25) is 4.79 Å². The molecule has 0 spiro atoms. The summed E-state index contributed by atoms with van der Waals surface area (Å²) in [4.78, 5) is 10.7. The molecule has 4 aliphatic carbocycles. The number of allylic oxidation sites excluding steroid dienone is 3. The first-order valence-electron chi connectivity index (χ1n) is 9.45. The first kappa shape index (κ1) is 15.5. The first-order valence-corrected chi connectivity index (χ1v) is 9.45. The molecule has 0 aromatic rings. The van der Waals surface area contributed by atoms with Crippen LogP contribution in [0.5, 0.6) is 0 Å². The summed E-state index contributed by atoms with van der Waals surface area (Å²) in [6, 6.07) is 0. The molecule has 4 aliphatic rings.